The number of aromatic carboxylic acids is 1. The Labute approximate surface area is 89.7 Å². The number of aromatic nitrogens is 4. The summed E-state index contributed by atoms with van der Waals surface area (Å²) in [6.45, 7) is 0. The van der Waals surface area contributed by atoms with Crippen LogP contribution in [0.3, 0.4) is 0 Å². The highest BCUT2D eigenvalue weighted by Gasteiger charge is 2.10. The van der Waals surface area contributed by atoms with Crippen molar-refractivity contribution in [2.75, 3.05) is 5.43 Å². The van der Waals surface area contributed by atoms with E-state index >= 15 is 0 Å². The standard InChI is InChI=1S/C8H8N6O2/c9-11-7-3-5(14-4-10-12-13-14)1-2-6(7)8(15)16/h1-4,11H,9H2,(H,15,16). The number of carbonyl (C=O) groups is 1. The van der Waals surface area contributed by atoms with Crippen LogP contribution < -0.4 is 11.3 Å². The highest BCUT2D eigenvalue weighted by Crippen LogP contribution is 2.18. The third-order valence-electron chi connectivity index (χ3n) is 2.00. The minimum Gasteiger partial charge on any atom is -0.478 e. The van der Waals surface area contributed by atoms with E-state index in [1.54, 1.807) is 12.1 Å². The maximum Gasteiger partial charge on any atom is 0.337 e. The smallest absolute Gasteiger partial charge is 0.337 e. The highest BCUT2D eigenvalue weighted by atomic mass is 16.4. The molecule has 1 heterocycles. The van der Waals surface area contributed by atoms with Gasteiger partial charge in [0, 0.05) is 0 Å². The molecule has 8 heteroatoms. The molecule has 0 atom stereocenters. The summed E-state index contributed by atoms with van der Waals surface area (Å²) in [6, 6.07) is 4.55. The molecule has 0 aliphatic heterocycles. The van der Waals surface area contributed by atoms with E-state index in [-0.39, 0.29) is 5.56 Å². The largest absolute Gasteiger partial charge is 0.478 e. The summed E-state index contributed by atoms with van der Waals surface area (Å²) in [5.41, 5.74) is 3.31. The number of nitrogen functional groups attached to an aromatic ring is 1. The SMILES string of the molecule is NNc1cc(-n2cnnn2)ccc1C(=O)O. The Kier molecular flexibility index (Phi) is 2.48. The van der Waals surface area contributed by atoms with Crippen molar-refractivity contribution in [3.63, 3.8) is 0 Å². The van der Waals surface area contributed by atoms with E-state index in [0.717, 1.165) is 0 Å². The van der Waals surface area contributed by atoms with Crippen molar-refractivity contribution in [1.82, 2.24) is 20.2 Å². The lowest BCUT2D eigenvalue weighted by molar-refractivity contribution is 0.0698. The number of nitrogens with two attached hydrogens (primary N) is 1. The highest BCUT2D eigenvalue weighted by molar-refractivity contribution is 5.94. The number of anilines is 1. The fourth-order valence-corrected chi connectivity index (χ4v) is 1.26. The monoisotopic (exact) mass is 220 g/mol. The van der Waals surface area contributed by atoms with Crippen LogP contribution in [0.25, 0.3) is 5.69 Å². The van der Waals surface area contributed by atoms with Gasteiger partial charge >= 0.3 is 5.97 Å². The van der Waals surface area contributed by atoms with Crippen molar-refractivity contribution in [2.45, 2.75) is 0 Å². The van der Waals surface area contributed by atoms with E-state index in [4.69, 9.17) is 10.9 Å². The summed E-state index contributed by atoms with van der Waals surface area (Å²) < 4.78 is 1.40. The molecule has 0 spiro atoms. The van der Waals surface area contributed by atoms with E-state index < -0.39 is 5.97 Å². The quantitative estimate of drug-likeness (QED) is 0.477. The van der Waals surface area contributed by atoms with Crippen molar-refractivity contribution in [3.8, 4) is 5.69 Å². The van der Waals surface area contributed by atoms with Gasteiger partial charge in [-0.15, -0.1) is 5.10 Å². The Bertz CT molecular complexity index is 509. The summed E-state index contributed by atoms with van der Waals surface area (Å²) in [6.07, 6.45) is 1.40. The number of benzene rings is 1. The molecule has 2 aromatic rings. The van der Waals surface area contributed by atoms with E-state index in [9.17, 15) is 4.79 Å². The molecule has 0 unspecified atom stereocenters. The number of tetrazole rings is 1. The van der Waals surface area contributed by atoms with Crippen molar-refractivity contribution >= 4 is 11.7 Å². The van der Waals surface area contributed by atoms with Gasteiger partial charge in [-0.05, 0) is 28.6 Å². The maximum absolute atomic E-state index is 10.8. The minimum absolute atomic E-state index is 0.0827. The summed E-state index contributed by atoms with van der Waals surface area (Å²) in [5, 5.41) is 19.5. The summed E-state index contributed by atoms with van der Waals surface area (Å²) in [5.74, 6) is 4.18. The van der Waals surface area contributed by atoms with Crippen molar-refractivity contribution in [2.24, 2.45) is 5.84 Å². The molecule has 1 aromatic carbocycles. The zero-order chi connectivity index (χ0) is 11.5. The molecule has 0 saturated heterocycles. The minimum atomic E-state index is -1.06. The molecule has 2 rings (SSSR count). The van der Waals surface area contributed by atoms with Gasteiger partial charge in [0.2, 0.25) is 0 Å². The Morgan fingerprint density at radius 3 is 2.88 bits per heavy atom. The lowest BCUT2D eigenvalue weighted by atomic mass is 10.1. The van der Waals surface area contributed by atoms with E-state index in [1.165, 1.54) is 17.1 Å². The van der Waals surface area contributed by atoms with Crippen LogP contribution in [0.15, 0.2) is 24.5 Å². The Morgan fingerprint density at radius 1 is 1.50 bits per heavy atom. The average Bonchev–Trinajstić information content (AvgIpc) is 2.81. The van der Waals surface area contributed by atoms with Gasteiger partial charge in [-0.2, -0.15) is 0 Å². The predicted molar refractivity (Wildman–Crippen MR) is 53.9 cm³/mol. The molecule has 0 amide bonds. The third-order valence-corrected chi connectivity index (χ3v) is 2.00. The van der Waals surface area contributed by atoms with Crippen LogP contribution in [0.2, 0.25) is 0 Å². The normalized spacial score (nSPS) is 10.1. The van der Waals surface area contributed by atoms with Gasteiger partial charge in [-0.1, -0.05) is 0 Å². The number of hydrogen-bond acceptors (Lipinski definition) is 6. The number of nitrogens with zero attached hydrogens (tertiary/aromatic N) is 4. The first-order chi connectivity index (χ1) is 7.72. The molecule has 0 bridgehead atoms. The third kappa shape index (κ3) is 1.68. The van der Waals surface area contributed by atoms with Gasteiger partial charge in [-0.25, -0.2) is 9.48 Å². The number of carboxylic acid groups (broad SMARTS) is 1. The lowest BCUT2D eigenvalue weighted by Crippen LogP contribution is -2.12. The molecule has 0 saturated carbocycles. The van der Waals surface area contributed by atoms with Gasteiger partial charge < -0.3 is 10.5 Å². The molecule has 8 nitrogen and oxygen atoms in total. The fraction of sp³-hybridized carbons (Fsp3) is 0. The predicted octanol–water partition coefficient (Wildman–Crippen LogP) is -0.354. The van der Waals surface area contributed by atoms with Crippen LogP contribution in [-0.2, 0) is 0 Å². The fourth-order valence-electron chi connectivity index (χ4n) is 1.26. The number of rotatable bonds is 3. The zero-order valence-corrected chi connectivity index (χ0v) is 8.03. The molecule has 0 aliphatic rings. The Hall–Kier alpha value is -2.48. The second-order valence-corrected chi connectivity index (χ2v) is 2.93. The van der Waals surface area contributed by atoms with E-state index in [2.05, 4.69) is 21.0 Å². The van der Waals surface area contributed by atoms with Crippen LogP contribution in [0.4, 0.5) is 5.69 Å². The van der Waals surface area contributed by atoms with E-state index in [0.29, 0.717) is 11.4 Å². The van der Waals surface area contributed by atoms with Crippen molar-refractivity contribution in [1.29, 1.82) is 0 Å². The summed E-state index contributed by atoms with van der Waals surface area (Å²) in [4.78, 5) is 10.8. The van der Waals surface area contributed by atoms with Crippen LogP contribution in [-0.4, -0.2) is 31.3 Å². The van der Waals surface area contributed by atoms with Crippen LogP contribution >= 0.6 is 0 Å². The van der Waals surface area contributed by atoms with Crippen LogP contribution in [0.5, 0.6) is 0 Å². The first-order valence-corrected chi connectivity index (χ1v) is 4.29. The molecule has 4 N–H and O–H groups in total. The molecular formula is C8H8N6O2. The van der Waals surface area contributed by atoms with Gasteiger partial charge in [0.15, 0.2) is 0 Å². The van der Waals surface area contributed by atoms with Gasteiger partial charge in [-0.3, -0.25) is 5.84 Å². The first-order valence-electron chi connectivity index (χ1n) is 4.29. The molecule has 0 fully saturated rings. The molecule has 16 heavy (non-hydrogen) atoms. The Morgan fingerprint density at radius 2 is 2.31 bits per heavy atom. The lowest BCUT2D eigenvalue weighted by Gasteiger charge is -2.07. The number of hydrazine groups is 1. The second-order valence-electron chi connectivity index (χ2n) is 2.93. The maximum atomic E-state index is 10.8. The topological polar surface area (TPSA) is 119 Å². The molecule has 1 aromatic heterocycles. The number of nitrogens with one attached hydrogen (secondary N) is 1. The first kappa shape index (κ1) is 10.1. The number of carboxylic acids is 1. The second kappa shape index (κ2) is 3.95. The van der Waals surface area contributed by atoms with Crippen molar-refractivity contribution in [3.05, 3.63) is 30.1 Å². The average molecular weight is 220 g/mol. The molecule has 0 radical (unpaired) electrons. The van der Waals surface area contributed by atoms with Gasteiger partial charge in [0.1, 0.15) is 6.33 Å². The molecule has 0 aliphatic carbocycles. The van der Waals surface area contributed by atoms with E-state index in [1.807, 2.05) is 0 Å². The zero-order valence-electron chi connectivity index (χ0n) is 8.03. The van der Waals surface area contributed by atoms with Gasteiger partial charge in [0.25, 0.3) is 0 Å². The Balaban J connectivity index is 2.49. The van der Waals surface area contributed by atoms with Crippen molar-refractivity contribution < 1.29 is 9.90 Å². The van der Waals surface area contributed by atoms with Crippen LogP contribution in [0.1, 0.15) is 10.4 Å². The molecular weight excluding hydrogens is 212 g/mol. The summed E-state index contributed by atoms with van der Waals surface area (Å²) in [7, 11) is 0. The number of hydrogen-bond donors (Lipinski definition) is 3. The molecule has 82 valence electrons. The van der Waals surface area contributed by atoms with Crippen LogP contribution in [0, 0.1) is 0 Å². The summed E-state index contributed by atoms with van der Waals surface area (Å²) >= 11 is 0. The van der Waals surface area contributed by atoms with Gasteiger partial charge in [0.05, 0.1) is 16.9 Å².